The Kier molecular flexibility index (Phi) is 5.83. The van der Waals surface area contributed by atoms with E-state index in [2.05, 4.69) is 4.99 Å². The van der Waals surface area contributed by atoms with Crippen molar-refractivity contribution < 1.29 is 23.8 Å². The van der Waals surface area contributed by atoms with E-state index in [-0.39, 0.29) is 31.5 Å². The lowest BCUT2D eigenvalue weighted by Gasteiger charge is -2.06. The summed E-state index contributed by atoms with van der Waals surface area (Å²) < 4.78 is 18.9. The highest BCUT2D eigenvalue weighted by atomic mass is 32.1. The molecule has 0 spiro atoms. The van der Waals surface area contributed by atoms with Crippen LogP contribution >= 0.6 is 11.3 Å². The number of nitrogens with zero attached hydrogens (tertiary/aromatic N) is 2. The summed E-state index contributed by atoms with van der Waals surface area (Å²) in [5.41, 5.74) is 1.77. The number of carbonyl (C=O) groups is 2. The number of ether oxygens (including phenoxy) is 3. The van der Waals surface area contributed by atoms with Gasteiger partial charge in [0, 0.05) is 18.7 Å². The molecule has 2 heterocycles. The first-order valence-corrected chi connectivity index (χ1v) is 11.6. The molecule has 0 saturated carbocycles. The molecular weight excluding hydrogens is 440 g/mol. The molecule has 0 aliphatic carbocycles. The Balaban J connectivity index is 1.52. The number of thiazole rings is 1. The van der Waals surface area contributed by atoms with Crippen LogP contribution in [-0.4, -0.2) is 29.8 Å². The van der Waals surface area contributed by atoms with E-state index < -0.39 is 0 Å². The van der Waals surface area contributed by atoms with Crippen LogP contribution in [0.4, 0.5) is 0 Å². The first kappa shape index (κ1) is 21.2. The third-order valence-corrected chi connectivity index (χ3v) is 6.51. The maximum Gasteiger partial charge on any atom is 0.307 e. The average molecular weight is 463 g/mol. The van der Waals surface area contributed by atoms with Crippen LogP contribution in [0.25, 0.3) is 21.0 Å². The van der Waals surface area contributed by atoms with Gasteiger partial charge in [-0.3, -0.25) is 9.59 Å². The van der Waals surface area contributed by atoms with Crippen molar-refractivity contribution in [2.75, 3.05) is 13.4 Å². The fourth-order valence-electron chi connectivity index (χ4n) is 3.95. The monoisotopic (exact) mass is 462 g/mol. The predicted molar refractivity (Wildman–Crippen MR) is 125 cm³/mol. The highest BCUT2D eigenvalue weighted by Gasteiger charge is 2.19. The van der Waals surface area contributed by atoms with E-state index in [0.29, 0.717) is 29.5 Å². The molecule has 0 unspecified atom stereocenters. The molecule has 0 saturated heterocycles. The summed E-state index contributed by atoms with van der Waals surface area (Å²) in [4.78, 5) is 29.9. The molecule has 5 rings (SSSR count). The second-order valence-electron chi connectivity index (χ2n) is 7.59. The molecule has 4 aromatic rings. The third-order valence-electron chi connectivity index (χ3n) is 5.46. The molecule has 0 atom stereocenters. The lowest BCUT2D eigenvalue weighted by Crippen LogP contribution is -2.20. The number of rotatable bonds is 6. The van der Waals surface area contributed by atoms with Crippen LogP contribution in [0, 0.1) is 0 Å². The molecule has 0 radical (unpaired) electrons. The number of aromatic nitrogens is 1. The highest BCUT2D eigenvalue weighted by molar-refractivity contribution is 7.16. The zero-order chi connectivity index (χ0) is 22.8. The molecule has 8 heteroatoms. The molecule has 168 valence electrons. The Labute approximate surface area is 193 Å². The molecule has 1 amide bonds. The second-order valence-corrected chi connectivity index (χ2v) is 8.59. The molecule has 0 N–H and O–H groups in total. The average Bonchev–Trinajstić information content (AvgIpc) is 3.39. The van der Waals surface area contributed by atoms with Crippen molar-refractivity contribution in [3.63, 3.8) is 0 Å². The second kappa shape index (κ2) is 9.07. The molecule has 1 aliphatic heterocycles. The first-order valence-electron chi connectivity index (χ1n) is 10.7. The molecule has 3 aromatic carbocycles. The van der Waals surface area contributed by atoms with Crippen LogP contribution < -0.4 is 14.3 Å². The van der Waals surface area contributed by atoms with Crippen molar-refractivity contribution in [3.8, 4) is 11.5 Å². The third kappa shape index (κ3) is 4.34. The SMILES string of the molecule is CCOC(=O)CCn1c(=NC(=O)Cc2cccc3ccccc23)sc2cc3c(cc21)OCO3. The molecule has 0 fully saturated rings. The van der Waals surface area contributed by atoms with Gasteiger partial charge in [0.15, 0.2) is 16.3 Å². The van der Waals surface area contributed by atoms with Crippen LogP contribution in [0.15, 0.2) is 59.6 Å². The van der Waals surface area contributed by atoms with Gasteiger partial charge in [-0.05, 0) is 23.3 Å². The van der Waals surface area contributed by atoms with Gasteiger partial charge in [-0.2, -0.15) is 4.99 Å². The Morgan fingerprint density at radius 1 is 1.09 bits per heavy atom. The van der Waals surface area contributed by atoms with E-state index in [9.17, 15) is 9.59 Å². The molecule has 33 heavy (non-hydrogen) atoms. The Morgan fingerprint density at radius 3 is 2.73 bits per heavy atom. The number of fused-ring (bicyclic) bond motifs is 3. The summed E-state index contributed by atoms with van der Waals surface area (Å²) in [5, 5.41) is 2.13. The Bertz CT molecular complexity index is 1430. The fourth-order valence-corrected chi connectivity index (χ4v) is 5.04. The standard InChI is InChI=1S/C25H22N2O5S/c1-2-30-24(29)10-11-27-19-13-20-21(32-15-31-20)14-22(19)33-25(27)26-23(28)12-17-8-5-7-16-6-3-4-9-18(16)17/h3-9,13-14H,2,10-12,15H2,1H3. The number of aryl methyl sites for hydroxylation is 1. The quantitative estimate of drug-likeness (QED) is 0.401. The number of hydrogen-bond donors (Lipinski definition) is 0. The molecular formula is C25H22N2O5S. The Morgan fingerprint density at radius 2 is 1.88 bits per heavy atom. The van der Waals surface area contributed by atoms with Gasteiger partial charge in [0.05, 0.1) is 29.7 Å². The van der Waals surface area contributed by atoms with Crippen LogP contribution in [0.3, 0.4) is 0 Å². The zero-order valence-electron chi connectivity index (χ0n) is 18.1. The van der Waals surface area contributed by atoms with Gasteiger partial charge in [0.25, 0.3) is 5.91 Å². The summed E-state index contributed by atoms with van der Waals surface area (Å²) in [5.74, 6) is 0.759. The van der Waals surface area contributed by atoms with Gasteiger partial charge in [-0.25, -0.2) is 0 Å². The Hall–Kier alpha value is -3.65. The van der Waals surface area contributed by atoms with Gasteiger partial charge in [-0.1, -0.05) is 53.8 Å². The molecule has 7 nitrogen and oxygen atoms in total. The molecule has 1 aromatic heterocycles. The summed E-state index contributed by atoms with van der Waals surface area (Å²) >= 11 is 1.39. The van der Waals surface area contributed by atoms with Gasteiger partial charge >= 0.3 is 5.97 Å². The molecule has 0 bridgehead atoms. The van der Waals surface area contributed by atoms with Crippen LogP contribution in [-0.2, 0) is 27.3 Å². The highest BCUT2D eigenvalue weighted by Crippen LogP contribution is 2.37. The van der Waals surface area contributed by atoms with E-state index in [1.807, 2.05) is 59.2 Å². The van der Waals surface area contributed by atoms with Crippen LogP contribution in [0.1, 0.15) is 18.9 Å². The number of benzene rings is 3. The van der Waals surface area contributed by atoms with Crippen LogP contribution in [0.5, 0.6) is 11.5 Å². The lowest BCUT2D eigenvalue weighted by atomic mass is 10.0. The van der Waals surface area contributed by atoms with Gasteiger partial charge in [0.1, 0.15) is 0 Å². The summed E-state index contributed by atoms with van der Waals surface area (Å²) in [6.45, 7) is 2.63. The van der Waals surface area contributed by atoms with Crippen molar-refractivity contribution in [3.05, 3.63) is 65.0 Å². The van der Waals surface area contributed by atoms with Crippen molar-refractivity contribution in [2.24, 2.45) is 4.99 Å². The van der Waals surface area contributed by atoms with Crippen molar-refractivity contribution >= 4 is 44.2 Å². The van der Waals surface area contributed by atoms with E-state index in [1.54, 1.807) is 6.92 Å². The van der Waals surface area contributed by atoms with Gasteiger partial charge in [-0.15, -0.1) is 0 Å². The number of hydrogen-bond acceptors (Lipinski definition) is 6. The lowest BCUT2D eigenvalue weighted by molar-refractivity contribution is -0.143. The predicted octanol–water partition coefficient (Wildman–Crippen LogP) is 4.21. The minimum absolute atomic E-state index is 0.177. The smallest absolute Gasteiger partial charge is 0.307 e. The van der Waals surface area contributed by atoms with Gasteiger partial charge in [0.2, 0.25) is 6.79 Å². The van der Waals surface area contributed by atoms with E-state index >= 15 is 0 Å². The summed E-state index contributed by atoms with van der Waals surface area (Å²) in [6.07, 6.45) is 0.370. The summed E-state index contributed by atoms with van der Waals surface area (Å²) in [6, 6.07) is 17.7. The zero-order valence-corrected chi connectivity index (χ0v) is 18.9. The minimum Gasteiger partial charge on any atom is -0.466 e. The van der Waals surface area contributed by atoms with Crippen molar-refractivity contribution in [1.29, 1.82) is 0 Å². The largest absolute Gasteiger partial charge is 0.466 e. The number of carbonyl (C=O) groups excluding carboxylic acids is 2. The fraction of sp³-hybridized carbons (Fsp3) is 0.240. The normalized spacial score (nSPS) is 13.1. The van der Waals surface area contributed by atoms with Crippen molar-refractivity contribution in [2.45, 2.75) is 26.3 Å². The van der Waals surface area contributed by atoms with Crippen LogP contribution in [0.2, 0.25) is 0 Å². The summed E-state index contributed by atoms with van der Waals surface area (Å²) in [7, 11) is 0. The number of amides is 1. The first-order chi connectivity index (χ1) is 16.1. The van der Waals surface area contributed by atoms with E-state index in [1.165, 1.54) is 11.3 Å². The van der Waals surface area contributed by atoms with Crippen molar-refractivity contribution in [1.82, 2.24) is 4.57 Å². The number of esters is 1. The topological polar surface area (TPSA) is 79.1 Å². The van der Waals surface area contributed by atoms with Gasteiger partial charge < -0.3 is 18.8 Å². The van der Waals surface area contributed by atoms with E-state index in [0.717, 1.165) is 26.6 Å². The maximum absolute atomic E-state index is 13.0. The maximum atomic E-state index is 13.0. The molecule has 1 aliphatic rings. The van der Waals surface area contributed by atoms with E-state index in [4.69, 9.17) is 14.2 Å². The minimum atomic E-state index is -0.293.